The van der Waals surface area contributed by atoms with Crippen LogP contribution in [0, 0.1) is 0 Å². The molecule has 5 heteroatoms. The van der Waals surface area contributed by atoms with E-state index in [1.807, 2.05) is 10.8 Å². The molecule has 1 saturated carbocycles. The van der Waals surface area contributed by atoms with Crippen molar-refractivity contribution in [3.05, 3.63) is 48.5 Å². The summed E-state index contributed by atoms with van der Waals surface area (Å²) in [6, 6.07) is 8.91. The number of hydrogen-bond acceptors (Lipinski definition) is 3. The molecular weight excluding hydrogens is 288 g/mol. The molecule has 1 atom stereocenters. The number of aromatic nitrogens is 2. The highest BCUT2D eigenvalue weighted by Crippen LogP contribution is 2.38. The Labute approximate surface area is 136 Å². The molecule has 2 fully saturated rings. The Morgan fingerprint density at radius 2 is 2.13 bits per heavy atom. The number of carbonyl (C=O) groups excluding carboxylic acids is 1. The molecule has 1 aromatic heterocycles. The van der Waals surface area contributed by atoms with Gasteiger partial charge < -0.3 is 15.2 Å². The number of nitrogens with zero attached hydrogens (tertiary/aromatic N) is 2. The minimum absolute atomic E-state index is 0.0199. The zero-order valence-corrected chi connectivity index (χ0v) is 13.2. The Morgan fingerprint density at radius 3 is 2.78 bits per heavy atom. The van der Waals surface area contributed by atoms with Gasteiger partial charge in [0.25, 0.3) is 0 Å². The molecule has 0 bridgehead atoms. The predicted molar refractivity (Wildman–Crippen MR) is 88.2 cm³/mol. The highest BCUT2D eigenvalue weighted by molar-refractivity contribution is 5.78. The zero-order valence-electron chi connectivity index (χ0n) is 13.2. The number of hydrogen-bond donors (Lipinski definition) is 2. The number of piperidine rings is 1. The fourth-order valence-electron chi connectivity index (χ4n) is 3.75. The lowest BCUT2D eigenvalue weighted by molar-refractivity contribution is -0.128. The van der Waals surface area contributed by atoms with Crippen LogP contribution in [0.2, 0.25) is 0 Å². The number of carbonyl (C=O) groups is 1. The molecule has 2 heterocycles. The van der Waals surface area contributed by atoms with Gasteiger partial charge in [-0.15, -0.1) is 0 Å². The van der Waals surface area contributed by atoms with Crippen molar-refractivity contribution < 1.29 is 4.79 Å². The van der Waals surface area contributed by atoms with Crippen LogP contribution in [-0.4, -0.2) is 27.0 Å². The number of imidazole rings is 1. The maximum Gasteiger partial charge on any atom is 0.220 e. The van der Waals surface area contributed by atoms with E-state index in [4.69, 9.17) is 0 Å². The minimum Gasteiger partial charge on any atom is -0.349 e. The van der Waals surface area contributed by atoms with E-state index in [1.54, 1.807) is 12.5 Å². The van der Waals surface area contributed by atoms with Gasteiger partial charge in [-0.2, -0.15) is 0 Å². The van der Waals surface area contributed by atoms with Gasteiger partial charge in [0.1, 0.15) is 0 Å². The molecule has 23 heavy (non-hydrogen) atoms. The van der Waals surface area contributed by atoms with E-state index in [1.165, 1.54) is 12.0 Å². The Balaban J connectivity index is 1.40. The van der Waals surface area contributed by atoms with E-state index in [-0.39, 0.29) is 11.4 Å². The van der Waals surface area contributed by atoms with Gasteiger partial charge in [0.15, 0.2) is 0 Å². The van der Waals surface area contributed by atoms with Crippen LogP contribution in [0.4, 0.5) is 0 Å². The van der Waals surface area contributed by atoms with Crippen LogP contribution in [0.1, 0.15) is 37.7 Å². The van der Waals surface area contributed by atoms with Crippen molar-refractivity contribution in [3.8, 4) is 5.69 Å². The van der Waals surface area contributed by atoms with Gasteiger partial charge >= 0.3 is 0 Å². The van der Waals surface area contributed by atoms with Crippen molar-refractivity contribution in [1.82, 2.24) is 20.2 Å². The van der Waals surface area contributed by atoms with E-state index >= 15 is 0 Å². The first-order chi connectivity index (χ1) is 11.3. The second kappa shape index (κ2) is 5.81. The molecule has 2 aliphatic rings. The number of amides is 1. The third-order valence-electron chi connectivity index (χ3n) is 5.25. The minimum atomic E-state index is 0.0199. The monoisotopic (exact) mass is 310 g/mol. The smallest absolute Gasteiger partial charge is 0.220 e. The Bertz CT molecular complexity index is 674. The van der Waals surface area contributed by atoms with Crippen LogP contribution in [-0.2, 0) is 11.3 Å². The lowest BCUT2D eigenvalue weighted by Crippen LogP contribution is -2.67. The molecule has 120 valence electrons. The summed E-state index contributed by atoms with van der Waals surface area (Å²) >= 11 is 0. The van der Waals surface area contributed by atoms with Gasteiger partial charge in [-0.1, -0.05) is 12.1 Å². The van der Waals surface area contributed by atoms with Crippen LogP contribution in [0.3, 0.4) is 0 Å². The Hall–Kier alpha value is -2.14. The van der Waals surface area contributed by atoms with Crippen molar-refractivity contribution in [2.75, 3.05) is 0 Å². The summed E-state index contributed by atoms with van der Waals surface area (Å²) in [4.78, 5) is 15.8. The molecule has 1 saturated heterocycles. The fraction of sp³-hybridized carbons (Fsp3) is 0.444. The van der Waals surface area contributed by atoms with E-state index in [0.717, 1.165) is 31.5 Å². The van der Waals surface area contributed by atoms with Crippen LogP contribution in [0.25, 0.3) is 5.69 Å². The summed E-state index contributed by atoms with van der Waals surface area (Å²) in [7, 11) is 0. The van der Waals surface area contributed by atoms with Gasteiger partial charge in [-0.05, 0) is 43.4 Å². The first-order valence-electron chi connectivity index (χ1n) is 8.37. The normalized spacial score (nSPS) is 22.6. The van der Waals surface area contributed by atoms with Gasteiger partial charge in [0, 0.05) is 37.1 Å². The van der Waals surface area contributed by atoms with Crippen molar-refractivity contribution in [1.29, 1.82) is 0 Å². The summed E-state index contributed by atoms with van der Waals surface area (Å²) in [5.74, 6) is 0.215. The fourth-order valence-corrected chi connectivity index (χ4v) is 3.75. The first kappa shape index (κ1) is 14.5. The summed E-state index contributed by atoms with van der Waals surface area (Å²) < 4.78 is 2.00. The van der Waals surface area contributed by atoms with Gasteiger partial charge in [-0.25, -0.2) is 4.98 Å². The third-order valence-corrected chi connectivity index (χ3v) is 5.25. The van der Waals surface area contributed by atoms with Crippen LogP contribution >= 0.6 is 0 Å². The zero-order chi connectivity index (χ0) is 15.7. The molecule has 1 aliphatic heterocycles. The summed E-state index contributed by atoms with van der Waals surface area (Å²) in [5.41, 5.74) is 2.40. The lowest BCUT2D eigenvalue weighted by Gasteiger charge is -2.51. The van der Waals surface area contributed by atoms with Crippen LogP contribution in [0.15, 0.2) is 43.0 Å². The summed E-state index contributed by atoms with van der Waals surface area (Å²) in [6.45, 7) is 0.840. The Morgan fingerprint density at radius 1 is 1.30 bits per heavy atom. The van der Waals surface area contributed by atoms with Crippen LogP contribution < -0.4 is 10.6 Å². The second-order valence-electron chi connectivity index (χ2n) is 6.67. The number of nitrogens with one attached hydrogen (secondary N) is 2. The van der Waals surface area contributed by atoms with E-state index in [0.29, 0.717) is 12.5 Å². The van der Waals surface area contributed by atoms with E-state index < -0.39 is 0 Å². The summed E-state index contributed by atoms with van der Waals surface area (Å²) in [5, 5.41) is 6.90. The van der Waals surface area contributed by atoms with Crippen molar-refractivity contribution >= 4 is 5.91 Å². The van der Waals surface area contributed by atoms with Crippen molar-refractivity contribution in [2.45, 2.75) is 50.2 Å². The molecule has 1 unspecified atom stereocenters. The molecule has 1 amide bonds. The molecule has 5 nitrogen and oxygen atoms in total. The van der Waals surface area contributed by atoms with Crippen molar-refractivity contribution in [3.63, 3.8) is 0 Å². The quantitative estimate of drug-likeness (QED) is 0.910. The highest BCUT2D eigenvalue weighted by atomic mass is 16.1. The molecule has 1 aliphatic carbocycles. The Kier molecular flexibility index (Phi) is 3.65. The van der Waals surface area contributed by atoms with Crippen LogP contribution in [0.5, 0.6) is 0 Å². The highest BCUT2D eigenvalue weighted by Gasteiger charge is 2.47. The predicted octanol–water partition coefficient (Wildman–Crippen LogP) is 2.16. The van der Waals surface area contributed by atoms with Gasteiger partial charge in [0.2, 0.25) is 5.91 Å². The molecular formula is C18H22N4O. The molecule has 1 aromatic carbocycles. The molecule has 0 radical (unpaired) electrons. The maximum atomic E-state index is 11.7. The summed E-state index contributed by atoms with van der Waals surface area (Å²) in [6.07, 6.45) is 10.5. The van der Waals surface area contributed by atoms with E-state index in [9.17, 15) is 4.79 Å². The largest absolute Gasteiger partial charge is 0.349 e. The molecule has 2 aromatic rings. The number of benzene rings is 1. The third kappa shape index (κ3) is 2.77. The van der Waals surface area contributed by atoms with E-state index in [2.05, 4.69) is 39.9 Å². The molecule has 2 N–H and O–H groups in total. The maximum absolute atomic E-state index is 11.7. The second-order valence-corrected chi connectivity index (χ2v) is 6.67. The molecule has 1 spiro atoms. The standard InChI is InChI=1S/C18H22N4O/c23-17-7-6-16(18(21-17)8-1-9-18)20-12-14-2-4-15(5-3-14)22-11-10-19-13-22/h2-5,10-11,13,16,20H,1,6-9,12H2,(H,21,23). The molecule has 4 rings (SSSR count). The lowest BCUT2D eigenvalue weighted by atomic mass is 9.68. The SMILES string of the molecule is O=C1CCC(NCc2ccc(-n3ccnc3)cc2)C2(CCC2)N1. The van der Waals surface area contributed by atoms with Crippen molar-refractivity contribution in [2.24, 2.45) is 0 Å². The average molecular weight is 310 g/mol. The topological polar surface area (TPSA) is 59.0 Å². The average Bonchev–Trinajstić information content (AvgIpc) is 3.07. The number of rotatable bonds is 4. The van der Waals surface area contributed by atoms with Gasteiger partial charge in [-0.3, -0.25) is 4.79 Å². The first-order valence-corrected chi connectivity index (χ1v) is 8.37. The van der Waals surface area contributed by atoms with Gasteiger partial charge in [0.05, 0.1) is 11.9 Å².